The molecule has 1 aromatic carbocycles. The van der Waals surface area contributed by atoms with Crippen LogP contribution in [0.15, 0.2) is 18.2 Å². The van der Waals surface area contributed by atoms with Crippen molar-refractivity contribution >= 4 is 17.6 Å². The van der Waals surface area contributed by atoms with E-state index in [2.05, 4.69) is 0 Å². The van der Waals surface area contributed by atoms with Crippen molar-refractivity contribution in [3.05, 3.63) is 29.3 Å². The van der Waals surface area contributed by atoms with Crippen molar-refractivity contribution < 1.29 is 14.3 Å². The lowest BCUT2D eigenvalue weighted by Gasteiger charge is -2.26. The van der Waals surface area contributed by atoms with Gasteiger partial charge in [-0.1, -0.05) is 6.07 Å². The van der Waals surface area contributed by atoms with Gasteiger partial charge in [0.1, 0.15) is 6.54 Å². The van der Waals surface area contributed by atoms with Gasteiger partial charge in [0.25, 0.3) is 5.91 Å². The number of carbonyl (C=O) groups excluding carboxylic acids is 2. The van der Waals surface area contributed by atoms with Crippen LogP contribution in [-0.2, 0) is 9.53 Å². The van der Waals surface area contributed by atoms with Crippen LogP contribution < -0.4 is 5.73 Å². The fraction of sp³-hybridized carbons (Fsp3) is 0.467. The van der Waals surface area contributed by atoms with Crippen LogP contribution in [0.3, 0.4) is 0 Å². The monoisotopic (exact) mass is 278 g/mol. The van der Waals surface area contributed by atoms with Crippen LogP contribution in [0.4, 0.5) is 5.69 Å². The molecule has 1 amide bonds. The first-order valence-electron chi connectivity index (χ1n) is 6.69. The molecule has 2 N–H and O–H groups in total. The SMILES string of the molecule is CCOC(=O)CN(C(=O)c1cc(N)ccc1C)C(C)C. The zero-order valence-corrected chi connectivity index (χ0v) is 12.5. The van der Waals surface area contributed by atoms with Gasteiger partial charge in [0, 0.05) is 17.3 Å². The van der Waals surface area contributed by atoms with Crippen LogP contribution in [0.2, 0.25) is 0 Å². The van der Waals surface area contributed by atoms with Gasteiger partial charge in [0.2, 0.25) is 0 Å². The first-order valence-corrected chi connectivity index (χ1v) is 6.69. The van der Waals surface area contributed by atoms with E-state index in [4.69, 9.17) is 10.5 Å². The number of ether oxygens (including phenoxy) is 1. The second kappa shape index (κ2) is 6.93. The molecule has 0 fully saturated rings. The molecular formula is C15H22N2O3. The van der Waals surface area contributed by atoms with E-state index in [-0.39, 0.29) is 18.5 Å². The number of nitrogen functional groups attached to an aromatic ring is 1. The quantitative estimate of drug-likeness (QED) is 0.660. The lowest BCUT2D eigenvalue weighted by molar-refractivity contribution is -0.144. The normalized spacial score (nSPS) is 10.4. The van der Waals surface area contributed by atoms with Gasteiger partial charge in [0.05, 0.1) is 6.61 Å². The molecule has 0 radical (unpaired) electrons. The number of aryl methyl sites for hydroxylation is 1. The molecule has 0 heterocycles. The summed E-state index contributed by atoms with van der Waals surface area (Å²) in [5.41, 5.74) is 7.60. The van der Waals surface area contributed by atoms with Crippen molar-refractivity contribution in [3.8, 4) is 0 Å². The Morgan fingerprint density at radius 3 is 2.55 bits per heavy atom. The summed E-state index contributed by atoms with van der Waals surface area (Å²) < 4.78 is 4.91. The molecule has 0 aromatic heterocycles. The van der Waals surface area contributed by atoms with Gasteiger partial charge in [0.15, 0.2) is 0 Å². The smallest absolute Gasteiger partial charge is 0.325 e. The van der Waals surface area contributed by atoms with E-state index in [1.165, 1.54) is 4.90 Å². The summed E-state index contributed by atoms with van der Waals surface area (Å²) in [6, 6.07) is 5.08. The number of hydrogen-bond donors (Lipinski definition) is 1. The summed E-state index contributed by atoms with van der Waals surface area (Å²) in [6.45, 7) is 7.55. The van der Waals surface area contributed by atoms with E-state index in [1.54, 1.807) is 25.1 Å². The van der Waals surface area contributed by atoms with Crippen LogP contribution >= 0.6 is 0 Å². The molecule has 0 saturated carbocycles. The minimum atomic E-state index is -0.406. The maximum atomic E-state index is 12.6. The number of nitrogens with two attached hydrogens (primary N) is 1. The lowest BCUT2D eigenvalue weighted by Crippen LogP contribution is -2.41. The topological polar surface area (TPSA) is 72.6 Å². The molecule has 1 aromatic rings. The number of carbonyl (C=O) groups is 2. The van der Waals surface area contributed by atoms with Gasteiger partial charge in [-0.05, 0) is 45.4 Å². The molecule has 5 heteroatoms. The first kappa shape index (κ1) is 16.0. The molecule has 0 aliphatic carbocycles. The van der Waals surface area contributed by atoms with Gasteiger partial charge in [-0.25, -0.2) is 0 Å². The van der Waals surface area contributed by atoms with Crippen molar-refractivity contribution in [2.75, 3.05) is 18.9 Å². The molecule has 0 spiro atoms. The second-order valence-electron chi connectivity index (χ2n) is 4.91. The van der Waals surface area contributed by atoms with E-state index in [9.17, 15) is 9.59 Å². The van der Waals surface area contributed by atoms with Gasteiger partial charge in [-0.15, -0.1) is 0 Å². The number of anilines is 1. The molecule has 5 nitrogen and oxygen atoms in total. The predicted octanol–water partition coefficient (Wildman–Crippen LogP) is 1.99. The van der Waals surface area contributed by atoms with E-state index in [1.807, 2.05) is 20.8 Å². The molecule has 110 valence electrons. The van der Waals surface area contributed by atoms with Crippen molar-refractivity contribution in [1.29, 1.82) is 0 Å². The predicted molar refractivity (Wildman–Crippen MR) is 78.4 cm³/mol. The lowest BCUT2D eigenvalue weighted by atomic mass is 10.1. The summed E-state index contributed by atoms with van der Waals surface area (Å²) >= 11 is 0. The number of rotatable bonds is 5. The molecular weight excluding hydrogens is 256 g/mol. The van der Waals surface area contributed by atoms with E-state index >= 15 is 0 Å². The van der Waals surface area contributed by atoms with E-state index in [0.717, 1.165) is 5.56 Å². The Morgan fingerprint density at radius 1 is 1.35 bits per heavy atom. The summed E-state index contributed by atoms with van der Waals surface area (Å²) in [5.74, 6) is -0.617. The van der Waals surface area contributed by atoms with Gasteiger partial charge in [-0.3, -0.25) is 9.59 Å². The highest BCUT2D eigenvalue weighted by atomic mass is 16.5. The minimum Gasteiger partial charge on any atom is -0.465 e. The standard InChI is InChI=1S/C15H22N2O3/c1-5-20-14(18)9-17(10(2)3)15(19)13-8-12(16)7-6-11(13)4/h6-8,10H,5,9,16H2,1-4H3. The van der Waals surface area contributed by atoms with E-state index in [0.29, 0.717) is 17.9 Å². The van der Waals surface area contributed by atoms with Crippen LogP contribution in [-0.4, -0.2) is 36.0 Å². The molecule has 0 bridgehead atoms. The van der Waals surface area contributed by atoms with E-state index < -0.39 is 5.97 Å². The Kier molecular flexibility index (Phi) is 5.55. The summed E-state index contributed by atoms with van der Waals surface area (Å²) in [7, 11) is 0. The highest BCUT2D eigenvalue weighted by Crippen LogP contribution is 2.16. The number of esters is 1. The Balaban J connectivity index is 2.99. The summed E-state index contributed by atoms with van der Waals surface area (Å²) in [4.78, 5) is 25.7. The number of amides is 1. The van der Waals surface area contributed by atoms with Crippen LogP contribution in [0.5, 0.6) is 0 Å². The third-order valence-corrected chi connectivity index (χ3v) is 2.98. The third kappa shape index (κ3) is 3.98. The van der Waals surface area contributed by atoms with Crippen LogP contribution in [0, 0.1) is 6.92 Å². The Bertz CT molecular complexity index is 498. The van der Waals surface area contributed by atoms with Crippen molar-refractivity contribution in [2.24, 2.45) is 0 Å². The molecule has 0 aliphatic rings. The molecule has 0 aliphatic heterocycles. The van der Waals surface area contributed by atoms with Gasteiger partial charge in [-0.2, -0.15) is 0 Å². The third-order valence-electron chi connectivity index (χ3n) is 2.98. The summed E-state index contributed by atoms with van der Waals surface area (Å²) in [6.07, 6.45) is 0. The number of hydrogen-bond acceptors (Lipinski definition) is 4. The molecule has 1 rings (SSSR count). The zero-order valence-electron chi connectivity index (χ0n) is 12.5. The fourth-order valence-corrected chi connectivity index (χ4v) is 1.86. The molecule has 0 saturated heterocycles. The highest BCUT2D eigenvalue weighted by Gasteiger charge is 2.23. The fourth-order valence-electron chi connectivity index (χ4n) is 1.86. The first-order chi connectivity index (χ1) is 9.36. The molecule has 0 atom stereocenters. The van der Waals surface area contributed by atoms with Crippen molar-refractivity contribution in [2.45, 2.75) is 33.7 Å². The molecule has 20 heavy (non-hydrogen) atoms. The van der Waals surface area contributed by atoms with Crippen LogP contribution in [0.1, 0.15) is 36.7 Å². The second-order valence-corrected chi connectivity index (χ2v) is 4.91. The Hall–Kier alpha value is -2.04. The number of benzene rings is 1. The summed E-state index contributed by atoms with van der Waals surface area (Å²) in [5, 5.41) is 0. The van der Waals surface area contributed by atoms with Crippen molar-refractivity contribution in [3.63, 3.8) is 0 Å². The zero-order chi connectivity index (χ0) is 15.3. The number of nitrogens with zero attached hydrogens (tertiary/aromatic N) is 1. The Morgan fingerprint density at radius 2 is 2.00 bits per heavy atom. The average molecular weight is 278 g/mol. The average Bonchev–Trinajstić information content (AvgIpc) is 2.38. The van der Waals surface area contributed by atoms with Gasteiger partial charge < -0.3 is 15.4 Å². The maximum Gasteiger partial charge on any atom is 0.325 e. The maximum absolute atomic E-state index is 12.6. The van der Waals surface area contributed by atoms with Crippen LogP contribution in [0.25, 0.3) is 0 Å². The Labute approximate surface area is 119 Å². The van der Waals surface area contributed by atoms with Crippen molar-refractivity contribution in [1.82, 2.24) is 4.90 Å². The van der Waals surface area contributed by atoms with Gasteiger partial charge >= 0.3 is 5.97 Å². The largest absolute Gasteiger partial charge is 0.465 e. The minimum absolute atomic E-state index is 0.0570. The highest BCUT2D eigenvalue weighted by molar-refractivity contribution is 5.98. The molecule has 0 unspecified atom stereocenters.